The number of carbonyl (C=O) groups is 3. The van der Waals surface area contributed by atoms with Gasteiger partial charge in [0.25, 0.3) is 11.1 Å². The fraction of sp³-hybridized carbons (Fsp3) is 0.115. The van der Waals surface area contributed by atoms with Crippen LogP contribution < -0.4 is 14.8 Å². The summed E-state index contributed by atoms with van der Waals surface area (Å²) in [5.74, 6) is -0.689. The number of ether oxygens (including phenoxy) is 2. The smallest absolute Gasteiger partial charge is 0.294 e. The second-order valence-corrected chi connectivity index (χ2v) is 10.1. The zero-order valence-corrected chi connectivity index (χ0v) is 22.5. The summed E-state index contributed by atoms with van der Waals surface area (Å²) in [6.07, 6.45) is 1.53. The van der Waals surface area contributed by atoms with Gasteiger partial charge >= 0.3 is 0 Å². The molecule has 0 aliphatic carbocycles. The number of nitrogens with one attached hydrogen (secondary N) is 1. The highest BCUT2D eigenvalue weighted by Gasteiger charge is 2.36. The van der Waals surface area contributed by atoms with Crippen molar-refractivity contribution in [3.05, 3.63) is 92.0 Å². The highest BCUT2D eigenvalue weighted by Crippen LogP contribution is 2.39. The molecule has 190 valence electrons. The summed E-state index contributed by atoms with van der Waals surface area (Å²) in [7, 11) is 1.47. The minimum atomic E-state index is -0.581. The quantitative estimate of drug-likeness (QED) is 0.295. The van der Waals surface area contributed by atoms with Gasteiger partial charge in [0.15, 0.2) is 11.5 Å². The number of methoxy groups -OCH3 is 1. The topological polar surface area (TPSA) is 84.9 Å². The molecule has 3 amide bonds. The second kappa shape index (κ2) is 11.8. The molecule has 1 saturated heterocycles. The molecule has 0 unspecified atom stereocenters. The normalized spacial score (nSPS) is 14.3. The number of benzene rings is 3. The van der Waals surface area contributed by atoms with Crippen molar-refractivity contribution in [3.63, 3.8) is 0 Å². The van der Waals surface area contributed by atoms with Crippen LogP contribution in [0.3, 0.4) is 0 Å². The van der Waals surface area contributed by atoms with Crippen LogP contribution in [-0.4, -0.2) is 35.6 Å². The summed E-state index contributed by atoms with van der Waals surface area (Å²) in [6, 6.07) is 15.9. The molecule has 3 aromatic carbocycles. The molecule has 0 saturated carbocycles. The SMILES string of the molecule is COc1cc(/C=C2/SC(=O)N(CC(=O)Nc3ccc(Cl)cc3)C2=O)cc(Br)c1OCc1cccc(F)c1. The van der Waals surface area contributed by atoms with Gasteiger partial charge in [0, 0.05) is 10.7 Å². The van der Waals surface area contributed by atoms with Crippen LogP contribution in [0, 0.1) is 5.82 Å². The summed E-state index contributed by atoms with van der Waals surface area (Å²) in [6.45, 7) is -0.312. The number of amides is 3. The Labute approximate surface area is 229 Å². The first-order chi connectivity index (χ1) is 17.7. The first-order valence-corrected chi connectivity index (χ1v) is 12.8. The lowest BCUT2D eigenvalue weighted by molar-refractivity contribution is -0.127. The van der Waals surface area contributed by atoms with Gasteiger partial charge in [0.1, 0.15) is 19.0 Å². The van der Waals surface area contributed by atoms with Gasteiger partial charge in [-0.15, -0.1) is 0 Å². The zero-order chi connectivity index (χ0) is 26.5. The van der Waals surface area contributed by atoms with Crippen molar-refractivity contribution in [3.8, 4) is 11.5 Å². The van der Waals surface area contributed by atoms with Crippen LogP contribution in [0.4, 0.5) is 14.9 Å². The first-order valence-electron chi connectivity index (χ1n) is 10.8. The number of hydrogen-bond acceptors (Lipinski definition) is 6. The van der Waals surface area contributed by atoms with Crippen molar-refractivity contribution in [2.45, 2.75) is 6.61 Å². The summed E-state index contributed by atoms with van der Waals surface area (Å²) in [5.41, 5.74) is 1.71. The largest absolute Gasteiger partial charge is 0.493 e. The maximum atomic E-state index is 13.5. The van der Waals surface area contributed by atoms with E-state index in [1.165, 1.54) is 25.3 Å². The van der Waals surface area contributed by atoms with Gasteiger partial charge in [-0.05, 0) is 93.4 Å². The van der Waals surface area contributed by atoms with E-state index in [0.717, 1.165) is 16.7 Å². The number of nitrogens with zero attached hydrogens (tertiary/aromatic N) is 1. The molecule has 1 heterocycles. The lowest BCUT2D eigenvalue weighted by Gasteiger charge is -2.14. The van der Waals surface area contributed by atoms with E-state index in [-0.39, 0.29) is 17.3 Å². The monoisotopic (exact) mass is 604 g/mol. The Kier molecular flexibility index (Phi) is 8.52. The maximum Gasteiger partial charge on any atom is 0.294 e. The molecule has 0 aromatic heterocycles. The zero-order valence-electron chi connectivity index (χ0n) is 19.3. The summed E-state index contributed by atoms with van der Waals surface area (Å²) >= 11 is 10.0. The molecule has 3 aromatic rings. The van der Waals surface area contributed by atoms with Crippen molar-refractivity contribution in [2.24, 2.45) is 0 Å². The van der Waals surface area contributed by atoms with Crippen LogP contribution >= 0.6 is 39.3 Å². The molecule has 0 bridgehead atoms. The molecule has 1 aliphatic rings. The number of thioether (sulfide) groups is 1. The molecule has 4 rings (SSSR count). The van der Waals surface area contributed by atoms with Crippen LogP contribution in [0.15, 0.2) is 70.0 Å². The molecular formula is C26H19BrClFN2O5S. The van der Waals surface area contributed by atoms with E-state index >= 15 is 0 Å². The minimum absolute atomic E-state index is 0.114. The standard InChI is InChI=1S/C26H19BrClFN2O5S/c1-35-21-11-16(10-20(27)24(21)36-14-15-3-2-4-18(29)9-15)12-22-25(33)31(26(34)37-22)13-23(32)30-19-7-5-17(28)6-8-19/h2-12H,13-14H2,1H3,(H,30,32)/b22-12+. The number of imide groups is 1. The van der Waals surface area contributed by atoms with E-state index in [9.17, 15) is 18.8 Å². The first kappa shape index (κ1) is 26.7. The molecule has 7 nitrogen and oxygen atoms in total. The molecular weight excluding hydrogens is 587 g/mol. The number of rotatable bonds is 8. The van der Waals surface area contributed by atoms with Crippen molar-refractivity contribution in [1.29, 1.82) is 0 Å². The Hall–Kier alpha value is -3.34. The van der Waals surface area contributed by atoms with Crippen molar-refractivity contribution >= 4 is 68.1 Å². The lowest BCUT2D eigenvalue weighted by atomic mass is 10.1. The number of anilines is 1. The molecule has 0 atom stereocenters. The van der Waals surface area contributed by atoms with Crippen molar-refractivity contribution < 1.29 is 28.2 Å². The Morgan fingerprint density at radius 1 is 1.16 bits per heavy atom. The second-order valence-electron chi connectivity index (χ2n) is 7.78. The Bertz CT molecular complexity index is 1400. The minimum Gasteiger partial charge on any atom is -0.493 e. The molecule has 1 aliphatic heterocycles. The lowest BCUT2D eigenvalue weighted by Crippen LogP contribution is -2.36. The predicted octanol–water partition coefficient (Wildman–Crippen LogP) is 6.50. The molecule has 11 heteroatoms. The maximum absolute atomic E-state index is 13.5. The van der Waals surface area contributed by atoms with E-state index in [1.54, 1.807) is 48.5 Å². The van der Waals surface area contributed by atoms with Crippen molar-refractivity contribution in [2.75, 3.05) is 19.0 Å². The van der Waals surface area contributed by atoms with E-state index in [1.807, 2.05) is 0 Å². The van der Waals surface area contributed by atoms with Gasteiger partial charge in [0.05, 0.1) is 16.5 Å². The van der Waals surface area contributed by atoms with Crippen LogP contribution in [-0.2, 0) is 16.2 Å². The van der Waals surface area contributed by atoms with Crippen LogP contribution in [0.5, 0.6) is 11.5 Å². The average molecular weight is 606 g/mol. The summed E-state index contributed by atoms with van der Waals surface area (Å²) < 4.78 is 25.3. The number of hydrogen-bond donors (Lipinski definition) is 1. The highest BCUT2D eigenvalue weighted by atomic mass is 79.9. The van der Waals surface area contributed by atoms with Gasteiger partial charge in [0.2, 0.25) is 5.91 Å². The summed E-state index contributed by atoms with van der Waals surface area (Å²) in [4.78, 5) is 38.7. The Balaban J connectivity index is 1.46. The van der Waals surface area contributed by atoms with Crippen LogP contribution in [0.25, 0.3) is 6.08 Å². The van der Waals surface area contributed by atoms with Gasteiger partial charge in [-0.2, -0.15) is 0 Å². The molecule has 37 heavy (non-hydrogen) atoms. The van der Waals surface area contributed by atoms with E-state index < -0.39 is 23.6 Å². The Morgan fingerprint density at radius 3 is 2.62 bits per heavy atom. The summed E-state index contributed by atoms with van der Waals surface area (Å²) in [5, 5.41) is 2.59. The Morgan fingerprint density at radius 2 is 1.92 bits per heavy atom. The van der Waals surface area contributed by atoms with E-state index in [0.29, 0.717) is 37.8 Å². The van der Waals surface area contributed by atoms with E-state index in [2.05, 4.69) is 21.2 Å². The highest BCUT2D eigenvalue weighted by molar-refractivity contribution is 9.10. The third-order valence-corrected chi connectivity index (χ3v) is 6.87. The fourth-order valence-corrected chi connectivity index (χ4v) is 4.95. The van der Waals surface area contributed by atoms with E-state index in [4.69, 9.17) is 21.1 Å². The van der Waals surface area contributed by atoms with Gasteiger partial charge in [-0.25, -0.2) is 4.39 Å². The number of halogens is 3. The molecule has 0 radical (unpaired) electrons. The molecule has 0 spiro atoms. The van der Waals surface area contributed by atoms with Gasteiger partial charge in [-0.1, -0.05) is 23.7 Å². The molecule has 1 N–H and O–H groups in total. The fourth-order valence-electron chi connectivity index (χ4n) is 3.41. The van der Waals surface area contributed by atoms with Crippen LogP contribution in [0.2, 0.25) is 5.02 Å². The van der Waals surface area contributed by atoms with Gasteiger partial charge in [-0.3, -0.25) is 19.3 Å². The predicted molar refractivity (Wildman–Crippen MR) is 144 cm³/mol. The average Bonchev–Trinajstić information content (AvgIpc) is 3.11. The third kappa shape index (κ3) is 6.71. The van der Waals surface area contributed by atoms with Crippen molar-refractivity contribution in [1.82, 2.24) is 4.90 Å². The molecule has 1 fully saturated rings. The van der Waals surface area contributed by atoms with Gasteiger partial charge < -0.3 is 14.8 Å². The number of carbonyl (C=O) groups excluding carboxylic acids is 3. The van der Waals surface area contributed by atoms with Crippen LogP contribution in [0.1, 0.15) is 11.1 Å². The third-order valence-electron chi connectivity index (χ3n) is 5.13.